The van der Waals surface area contributed by atoms with Crippen LogP contribution in [-0.4, -0.2) is 51.1 Å². The van der Waals surface area contributed by atoms with E-state index in [1.807, 2.05) is 16.3 Å². The van der Waals surface area contributed by atoms with E-state index in [2.05, 4.69) is 29.8 Å². The van der Waals surface area contributed by atoms with E-state index in [1.54, 1.807) is 29.8 Å². The molecule has 7 nitrogen and oxygen atoms in total. The Morgan fingerprint density at radius 1 is 0.903 bits per heavy atom. The number of hydrogen-bond donors (Lipinski definition) is 0. The van der Waals surface area contributed by atoms with E-state index in [-0.39, 0.29) is 11.6 Å². The minimum atomic E-state index is -4.56. The number of rotatable bonds is 3. The van der Waals surface area contributed by atoms with E-state index in [1.165, 1.54) is 12.4 Å². The first-order chi connectivity index (χ1) is 15.0. The van der Waals surface area contributed by atoms with Gasteiger partial charge in [-0.2, -0.15) is 13.2 Å². The highest BCUT2D eigenvalue weighted by Gasteiger charge is 2.34. The molecule has 0 N–H and O–H groups in total. The molecule has 0 radical (unpaired) electrons. The van der Waals surface area contributed by atoms with Gasteiger partial charge in [0.05, 0.1) is 5.39 Å². The first kappa shape index (κ1) is 19.6. The molecule has 0 unspecified atom stereocenters. The van der Waals surface area contributed by atoms with E-state index >= 15 is 0 Å². The lowest BCUT2D eigenvalue weighted by Crippen LogP contribution is -2.47. The molecule has 11 heteroatoms. The molecule has 1 aliphatic heterocycles. The van der Waals surface area contributed by atoms with Crippen LogP contribution in [0.4, 0.5) is 24.8 Å². The SMILES string of the molecule is FC(F)(F)c1cc(N2CCN(c3ncnc4sccc34)CC2)nc(-c2ccncc2)n1. The Hall–Kier alpha value is -3.34. The van der Waals surface area contributed by atoms with Gasteiger partial charge in [0.15, 0.2) is 11.5 Å². The number of thiophene rings is 1. The van der Waals surface area contributed by atoms with Gasteiger partial charge in [0.25, 0.3) is 0 Å². The number of pyridine rings is 1. The summed E-state index contributed by atoms with van der Waals surface area (Å²) in [5, 5.41) is 2.96. The van der Waals surface area contributed by atoms with Gasteiger partial charge in [-0.05, 0) is 23.6 Å². The molecule has 158 valence electrons. The zero-order valence-corrected chi connectivity index (χ0v) is 16.9. The minimum Gasteiger partial charge on any atom is -0.353 e. The summed E-state index contributed by atoms with van der Waals surface area (Å²) in [7, 11) is 0. The highest BCUT2D eigenvalue weighted by atomic mass is 32.1. The number of fused-ring (bicyclic) bond motifs is 1. The molecule has 1 fully saturated rings. The van der Waals surface area contributed by atoms with Crippen molar-refractivity contribution in [2.75, 3.05) is 36.0 Å². The lowest BCUT2D eigenvalue weighted by Gasteiger charge is -2.36. The summed E-state index contributed by atoms with van der Waals surface area (Å²) in [5.41, 5.74) is -0.468. The Kier molecular flexibility index (Phi) is 4.89. The second kappa shape index (κ2) is 7.73. The highest BCUT2D eigenvalue weighted by molar-refractivity contribution is 7.16. The molecule has 0 saturated carbocycles. The Labute approximate surface area is 179 Å². The molecule has 0 aromatic carbocycles. The first-order valence-electron chi connectivity index (χ1n) is 9.54. The van der Waals surface area contributed by atoms with Crippen molar-refractivity contribution in [1.82, 2.24) is 24.9 Å². The molecular formula is C20H16F3N7S. The maximum Gasteiger partial charge on any atom is 0.433 e. The lowest BCUT2D eigenvalue weighted by atomic mass is 10.2. The van der Waals surface area contributed by atoms with Crippen molar-refractivity contribution < 1.29 is 13.2 Å². The maximum absolute atomic E-state index is 13.5. The third kappa shape index (κ3) is 3.88. The van der Waals surface area contributed by atoms with Gasteiger partial charge >= 0.3 is 6.18 Å². The van der Waals surface area contributed by atoms with Crippen molar-refractivity contribution in [1.29, 1.82) is 0 Å². The zero-order valence-electron chi connectivity index (χ0n) is 16.1. The van der Waals surface area contributed by atoms with Crippen LogP contribution >= 0.6 is 11.3 Å². The molecule has 0 aliphatic carbocycles. The summed E-state index contributed by atoms with van der Waals surface area (Å²) in [6, 6.07) is 6.20. The predicted molar refractivity (Wildman–Crippen MR) is 112 cm³/mol. The number of halogens is 3. The van der Waals surface area contributed by atoms with Gasteiger partial charge < -0.3 is 9.80 Å². The number of piperazine rings is 1. The molecule has 4 aromatic rings. The Bertz CT molecular complexity index is 1200. The van der Waals surface area contributed by atoms with Crippen molar-refractivity contribution in [2.45, 2.75) is 6.18 Å². The van der Waals surface area contributed by atoms with Crippen LogP contribution in [0.15, 0.2) is 48.4 Å². The second-order valence-electron chi connectivity index (χ2n) is 6.98. The molecule has 0 amide bonds. The van der Waals surface area contributed by atoms with Crippen LogP contribution < -0.4 is 9.80 Å². The predicted octanol–water partition coefficient (Wildman–Crippen LogP) is 3.89. The monoisotopic (exact) mass is 443 g/mol. The zero-order chi connectivity index (χ0) is 21.4. The van der Waals surface area contributed by atoms with Gasteiger partial charge in [0.2, 0.25) is 0 Å². The maximum atomic E-state index is 13.5. The van der Waals surface area contributed by atoms with Crippen LogP contribution in [0.25, 0.3) is 21.6 Å². The molecule has 1 saturated heterocycles. The molecule has 4 aromatic heterocycles. The third-order valence-corrected chi connectivity index (χ3v) is 5.91. The van der Waals surface area contributed by atoms with Crippen molar-refractivity contribution in [2.24, 2.45) is 0 Å². The van der Waals surface area contributed by atoms with Gasteiger partial charge in [-0.15, -0.1) is 11.3 Å². The van der Waals surface area contributed by atoms with Gasteiger partial charge in [0, 0.05) is 50.2 Å². The summed E-state index contributed by atoms with van der Waals surface area (Å²) in [6.45, 7) is 2.25. The van der Waals surface area contributed by atoms with E-state index < -0.39 is 11.9 Å². The average Bonchev–Trinajstić information content (AvgIpc) is 3.28. The second-order valence-corrected chi connectivity index (χ2v) is 7.87. The number of nitrogens with zero attached hydrogens (tertiary/aromatic N) is 7. The number of aromatic nitrogens is 5. The Morgan fingerprint density at radius 3 is 2.39 bits per heavy atom. The molecule has 5 rings (SSSR count). The van der Waals surface area contributed by atoms with E-state index in [9.17, 15) is 13.2 Å². The topological polar surface area (TPSA) is 70.9 Å². The molecular weight excluding hydrogens is 427 g/mol. The fraction of sp³-hybridized carbons (Fsp3) is 0.250. The van der Waals surface area contributed by atoms with Crippen LogP contribution in [0.5, 0.6) is 0 Å². The van der Waals surface area contributed by atoms with Gasteiger partial charge in [-0.25, -0.2) is 19.9 Å². The molecule has 1 aliphatic rings. The van der Waals surface area contributed by atoms with Crippen LogP contribution in [0.2, 0.25) is 0 Å². The first-order valence-corrected chi connectivity index (χ1v) is 10.4. The van der Waals surface area contributed by atoms with Crippen LogP contribution in [0, 0.1) is 0 Å². The van der Waals surface area contributed by atoms with Crippen molar-refractivity contribution in [3.8, 4) is 11.4 Å². The van der Waals surface area contributed by atoms with Gasteiger partial charge in [-0.1, -0.05) is 0 Å². The molecule has 0 atom stereocenters. The van der Waals surface area contributed by atoms with E-state index in [0.717, 1.165) is 22.1 Å². The smallest absolute Gasteiger partial charge is 0.353 e. The third-order valence-electron chi connectivity index (χ3n) is 5.09. The largest absolute Gasteiger partial charge is 0.433 e. The van der Waals surface area contributed by atoms with Crippen molar-refractivity contribution in [3.05, 3.63) is 54.1 Å². The fourth-order valence-corrected chi connectivity index (χ4v) is 4.28. The molecule has 31 heavy (non-hydrogen) atoms. The standard InChI is InChI=1S/C20H16F3N7S/c21-20(22,23)15-11-16(28-17(27-15)13-1-4-24-5-2-13)29-6-8-30(9-7-29)18-14-3-10-31-19(14)26-12-25-18/h1-5,10-12H,6-9H2. The number of alkyl halides is 3. The average molecular weight is 443 g/mol. The highest BCUT2D eigenvalue weighted by Crippen LogP contribution is 2.32. The van der Waals surface area contributed by atoms with Crippen LogP contribution in [0.1, 0.15) is 5.69 Å². The minimum absolute atomic E-state index is 0.0328. The Balaban J connectivity index is 1.42. The van der Waals surface area contributed by atoms with Crippen LogP contribution in [0.3, 0.4) is 0 Å². The summed E-state index contributed by atoms with van der Waals surface area (Å²) < 4.78 is 40.5. The summed E-state index contributed by atoms with van der Waals surface area (Å²) >= 11 is 1.55. The lowest BCUT2D eigenvalue weighted by molar-refractivity contribution is -0.141. The Morgan fingerprint density at radius 2 is 1.65 bits per heavy atom. The summed E-state index contributed by atoms with van der Waals surface area (Å²) in [5.74, 6) is 1.14. The number of hydrogen-bond acceptors (Lipinski definition) is 8. The fourth-order valence-electron chi connectivity index (χ4n) is 3.55. The van der Waals surface area contributed by atoms with Crippen LogP contribution in [-0.2, 0) is 6.18 Å². The molecule has 0 spiro atoms. The van der Waals surface area contributed by atoms with Crippen molar-refractivity contribution >= 4 is 33.2 Å². The van der Waals surface area contributed by atoms with Gasteiger partial charge in [0.1, 0.15) is 22.8 Å². The normalized spacial score (nSPS) is 14.9. The van der Waals surface area contributed by atoms with Crippen molar-refractivity contribution in [3.63, 3.8) is 0 Å². The molecule has 5 heterocycles. The summed E-state index contributed by atoms with van der Waals surface area (Å²) in [6.07, 6.45) is -0.0110. The quantitative estimate of drug-likeness (QED) is 0.476. The molecule has 0 bridgehead atoms. The number of anilines is 2. The van der Waals surface area contributed by atoms with E-state index in [4.69, 9.17) is 0 Å². The van der Waals surface area contributed by atoms with E-state index in [0.29, 0.717) is 31.7 Å². The van der Waals surface area contributed by atoms with Gasteiger partial charge in [-0.3, -0.25) is 4.98 Å². The summed E-state index contributed by atoms with van der Waals surface area (Å²) in [4.78, 5) is 25.7.